The zero-order chi connectivity index (χ0) is 11.3. The minimum atomic E-state index is -0.0203. The zero-order valence-electron chi connectivity index (χ0n) is 8.90. The van der Waals surface area contributed by atoms with Gasteiger partial charge in [-0.05, 0) is 43.7 Å². The average Bonchev–Trinajstić information content (AvgIpc) is 2.26. The van der Waals surface area contributed by atoms with Crippen molar-refractivity contribution < 1.29 is 9.90 Å². The number of ketones is 1. The number of hydrogen-bond donors (Lipinski definition) is 1. The van der Waals surface area contributed by atoms with Crippen molar-refractivity contribution in [1.29, 1.82) is 0 Å². The number of benzene rings is 1. The molecule has 0 unspecified atom stereocenters. The first-order valence-corrected chi connectivity index (χ1v) is 4.78. The summed E-state index contributed by atoms with van der Waals surface area (Å²) in [6, 6.07) is 6.25. The molecule has 1 rings (SSSR count). The Hall–Kier alpha value is -1.83. The molecule has 1 aromatic rings. The van der Waals surface area contributed by atoms with E-state index in [1.165, 1.54) is 12.1 Å². The lowest BCUT2D eigenvalue weighted by atomic mass is 10.0. The Morgan fingerprint density at radius 1 is 1.27 bits per heavy atom. The SMILES string of the molecule is C/C=C\C=C(/C)C(=O)c1ccc(O)cc1. The largest absolute Gasteiger partial charge is 0.508 e. The fourth-order valence-electron chi connectivity index (χ4n) is 1.16. The maximum atomic E-state index is 11.8. The van der Waals surface area contributed by atoms with Gasteiger partial charge in [-0.2, -0.15) is 0 Å². The van der Waals surface area contributed by atoms with Crippen molar-refractivity contribution in [2.75, 3.05) is 0 Å². The van der Waals surface area contributed by atoms with E-state index in [-0.39, 0.29) is 11.5 Å². The first kappa shape index (κ1) is 11.2. The predicted octanol–water partition coefficient (Wildman–Crippen LogP) is 3.10. The van der Waals surface area contributed by atoms with Crippen LogP contribution in [0.1, 0.15) is 24.2 Å². The normalized spacial score (nSPS) is 12.0. The van der Waals surface area contributed by atoms with E-state index in [1.807, 2.05) is 19.1 Å². The van der Waals surface area contributed by atoms with Gasteiger partial charge >= 0.3 is 0 Å². The smallest absolute Gasteiger partial charge is 0.188 e. The topological polar surface area (TPSA) is 37.3 Å². The van der Waals surface area contributed by atoms with Crippen molar-refractivity contribution in [3.05, 3.63) is 53.6 Å². The average molecular weight is 202 g/mol. The van der Waals surface area contributed by atoms with Crippen molar-refractivity contribution in [3.63, 3.8) is 0 Å². The molecule has 0 aliphatic heterocycles. The molecule has 0 bridgehead atoms. The molecule has 2 heteroatoms. The quantitative estimate of drug-likeness (QED) is 0.464. The first-order valence-electron chi connectivity index (χ1n) is 4.78. The van der Waals surface area contributed by atoms with Gasteiger partial charge in [-0.15, -0.1) is 0 Å². The van der Waals surface area contributed by atoms with Gasteiger partial charge in [0.15, 0.2) is 5.78 Å². The molecule has 0 aliphatic carbocycles. The minimum absolute atomic E-state index is 0.0203. The van der Waals surface area contributed by atoms with Crippen LogP contribution in [0.3, 0.4) is 0 Å². The van der Waals surface area contributed by atoms with Crippen LogP contribution in [0.5, 0.6) is 5.75 Å². The van der Waals surface area contributed by atoms with Gasteiger partial charge in [0.05, 0.1) is 0 Å². The summed E-state index contributed by atoms with van der Waals surface area (Å²) in [6.07, 6.45) is 5.47. The van der Waals surface area contributed by atoms with Crippen molar-refractivity contribution in [3.8, 4) is 5.75 Å². The molecule has 0 saturated carbocycles. The van der Waals surface area contributed by atoms with Crippen LogP contribution in [-0.4, -0.2) is 10.9 Å². The highest BCUT2D eigenvalue weighted by Crippen LogP contribution is 2.13. The molecule has 0 saturated heterocycles. The van der Waals surface area contributed by atoms with E-state index < -0.39 is 0 Å². The van der Waals surface area contributed by atoms with Gasteiger partial charge in [0.1, 0.15) is 5.75 Å². The third-order valence-electron chi connectivity index (χ3n) is 2.03. The summed E-state index contributed by atoms with van der Waals surface area (Å²) in [5, 5.41) is 9.08. The second-order valence-electron chi connectivity index (χ2n) is 3.25. The monoisotopic (exact) mass is 202 g/mol. The van der Waals surface area contributed by atoms with Gasteiger partial charge in [0, 0.05) is 5.56 Å². The molecule has 0 spiro atoms. The van der Waals surface area contributed by atoms with E-state index in [2.05, 4.69) is 0 Å². The Morgan fingerprint density at radius 2 is 1.87 bits per heavy atom. The highest BCUT2D eigenvalue weighted by atomic mass is 16.3. The van der Waals surface area contributed by atoms with Gasteiger partial charge < -0.3 is 5.11 Å². The van der Waals surface area contributed by atoms with Crippen LogP contribution < -0.4 is 0 Å². The molecular formula is C13H14O2. The van der Waals surface area contributed by atoms with Crippen molar-refractivity contribution in [1.82, 2.24) is 0 Å². The van der Waals surface area contributed by atoms with Gasteiger partial charge in [-0.1, -0.05) is 18.2 Å². The third kappa shape index (κ3) is 3.09. The number of rotatable bonds is 3. The molecule has 0 aromatic heterocycles. The molecule has 78 valence electrons. The summed E-state index contributed by atoms with van der Waals surface area (Å²) < 4.78 is 0. The Labute approximate surface area is 89.6 Å². The molecule has 15 heavy (non-hydrogen) atoms. The highest BCUT2D eigenvalue weighted by molar-refractivity contribution is 6.08. The van der Waals surface area contributed by atoms with Crippen LogP contribution in [0.2, 0.25) is 0 Å². The number of aromatic hydroxyl groups is 1. The number of hydrogen-bond acceptors (Lipinski definition) is 2. The summed E-state index contributed by atoms with van der Waals surface area (Å²) in [5.41, 5.74) is 1.27. The molecule has 0 radical (unpaired) electrons. The lowest BCUT2D eigenvalue weighted by Crippen LogP contribution is -1.99. The fourth-order valence-corrected chi connectivity index (χ4v) is 1.16. The molecule has 0 heterocycles. The maximum Gasteiger partial charge on any atom is 0.188 e. The number of allylic oxidation sites excluding steroid dienone is 4. The molecule has 0 aliphatic rings. The Bertz CT molecular complexity index is 397. The minimum Gasteiger partial charge on any atom is -0.508 e. The molecule has 0 atom stereocenters. The summed E-state index contributed by atoms with van der Waals surface area (Å²) in [5.74, 6) is 0.148. The number of phenolic OH excluding ortho intramolecular Hbond substituents is 1. The fraction of sp³-hybridized carbons (Fsp3) is 0.154. The highest BCUT2D eigenvalue weighted by Gasteiger charge is 2.06. The third-order valence-corrected chi connectivity index (χ3v) is 2.03. The van der Waals surface area contributed by atoms with Crippen LogP contribution in [-0.2, 0) is 0 Å². The number of phenols is 1. The summed E-state index contributed by atoms with van der Waals surface area (Å²) >= 11 is 0. The molecule has 1 aromatic carbocycles. The van der Waals surface area contributed by atoms with Crippen molar-refractivity contribution in [2.24, 2.45) is 0 Å². The second-order valence-corrected chi connectivity index (χ2v) is 3.25. The lowest BCUT2D eigenvalue weighted by molar-refractivity contribution is 0.103. The molecule has 0 amide bonds. The molecule has 1 N–H and O–H groups in total. The van der Waals surface area contributed by atoms with Crippen molar-refractivity contribution >= 4 is 5.78 Å². The van der Waals surface area contributed by atoms with Gasteiger partial charge in [0.25, 0.3) is 0 Å². The lowest BCUT2D eigenvalue weighted by Gasteiger charge is -2.00. The maximum absolute atomic E-state index is 11.8. The Kier molecular flexibility index (Phi) is 3.86. The molecule has 2 nitrogen and oxygen atoms in total. The zero-order valence-corrected chi connectivity index (χ0v) is 8.90. The predicted molar refractivity (Wildman–Crippen MR) is 61.0 cm³/mol. The number of Topliss-reactive ketones (excluding diaryl/α,β-unsaturated/α-hetero) is 1. The van der Waals surface area contributed by atoms with E-state index in [0.717, 1.165) is 0 Å². The standard InChI is InChI=1S/C13H14O2/c1-3-4-5-10(2)13(15)11-6-8-12(14)9-7-11/h3-9,14H,1-2H3/b4-3-,10-5+. The van der Waals surface area contributed by atoms with Crippen LogP contribution in [0.15, 0.2) is 48.1 Å². The second kappa shape index (κ2) is 5.15. The van der Waals surface area contributed by atoms with Crippen LogP contribution >= 0.6 is 0 Å². The summed E-state index contributed by atoms with van der Waals surface area (Å²) in [6.45, 7) is 3.67. The van der Waals surface area contributed by atoms with Gasteiger partial charge in [0.2, 0.25) is 0 Å². The Balaban J connectivity index is 2.90. The van der Waals surface area contributed by atoms with Crippen LogP contribution in [0, 0.1) is 0 Å². The van der Waals surface area contributed by atoms with E-state index in [1.54, 1.807) is 25.1 Å². The van der Waals surface area contributed by atoms with Gasteiger partial charge in [-0.3, -0.25) is 4.79 Å². The van der Waals surface area contributed by atoms with E-state index in [9.17, 15) is 4.79 Å². The summed E-state index contributed by atoms with van der Waals surface area (Å²) in [7, 11) is 0. The van der Waals surface area contributed by atoms with Crippen molar-refractivity contribution in [2.45, 2.75) is 13.8 Å². The summed E-state index contributed by atoms with van der Waals surface area (Å²) in [4.78, 5) is 11.8. The van der Waals surface area contributed by atoms with E-state index in [0.29, 0.717) is 11.1 Å². The van der Waals surface area contributed by atoms with Gasteiger partial charge in [-0.25, -0.2) is 0 Å². The Morgan fingerprint density at radius 3 is 2.40 bits per heavy atom. The number of carbonyl (C=O) groups excluding carboxylic acids is 1. The van der Waals surface area contributed by atoms with Crippen LogP contribution in [0.25, 0.3) is 0 Å². The molecular weight excluding hydrogens is 188 g/mol. The molecule has 0 fully saturated rings. The van der Waals surface area contributed by atoms with E-state index in [4.69, 9.17) is 5.11 Å². The van der Waals surface area contributed by atoms with Crippen LogP contribution in [0.4, 0.5) is 0 Å². The number of carbonyl (C=O) groups is 1. The van der Waals surface area contributed by atoms with E-state index >= 15 is 0 Å². The first-order chi connectivity index (χ1) is 7.15.